The minimum Gasteiger partial charge on any atom is -0.496 e. The van der Waals surface area contributed by atoms with Crippen LogP contribution in [-0.2, 0) is 6.42 Å². The predicted molar refractivity (Wildman–Crippen MR) is 126 cm³/mol. The summed E-state index contributed by atoms with van der Waals surface area (Å²) < 4.78 is 13.3. The van der Waals surface area contributed by atoms with E-state index < -0.39 is 0 Å². The van der Waals surface area contributed by atoms with Crippen molar-refractivity contribution in [2.75, 3.05) is 33.4 Å². The molecule has 2 aliphatic rings. The van der Waals surface area contributed by atoms with Crippen LogP contribution in [0.15, 0.2) is 47.4 Å². The molecule has 1 aromatic carbocycles. The van der Waals surface area contributed by atoms with Crippen molar-refractivity contribution >= 4 is 30.5 Å². The second-order valence-corrected chi connectivity index (χ2v) is 7.97. The highest BCUT2D eigenvalue weighted by atomic mass is 35.5. The maximum atomic E-state index is 12.9. The Hall–Kier alpha value is -2.28. The van der Waals surface area contributed by atoms with E-state index in [0.29, 0.717) is 23.9 Å². The molecule has 0 saturated carbocycles. The Kier molecular flexibility index (Phi) is 7.14. The molecule has 1 fully saturated rings. The lowest BCUT2D eigenvalue weighted by atomic mass is 9.86. The first-order chi connectivity index (χ1) is 14.2. The average Bonchev–Trinajstić information content (AvgIpc) is 3.16. The Balaban J connectivity index is 0.00000136. The van der Waals surface area contributed by atoms with Crippen molar-refractivity contribution in [2.45, 2.75) is 19.3 Å². The number of likely N-dealkylation sites (tertiary alicyclic amines) is 1. The Morgan fingerprint density at radius 1 is 1.16 bits per heavy atom. The molecule has 0 N–H and O–H groups in total. The molecule has 8 heteroatoms. The zero-order chi connectivity index (χ0) is 20.0. The second-order valence-electron chi connectivity index (χ2n) is 7.97. The van der Waals surface area contributed by atoms with Crippen molar-refractivity contribution in [3.05, 3.63) is 69.8 Å². The number of aryl methyl sites for hydroxylation is 1. The normalized spacial score (nSPS) is 19.5. The van der Waals surface area contributed by atoms with Gasteiger partial charge < -0.3 is 14.4 Å². The average molecular weight is 464 g/mol. The molecule has 0 spiro atoms. The number of hydrogen-bond donors (Lipinski definition) is 0. The summed E-state index contributed by atoms with van der Waals surface area (Å²) in [4.78, 5) is 20.0. The number of methoxy groups -OCH3 is 1. The first kappa shape index (κ1) is 23.4. The van der Waals surface area contributed by atoms with Crippen molar-refractivity contribution < 1.29 is 9.47 Å². The van der Waals surface area contributed by atoms with E-state index in [1.807, 2.05) is 43.3 Å². The highest BCUT2D eigenvalue weighted by molar-refractivity contribution is 5.85. The molecule has 2 aromatic heterocycles. The van der Waals surface area contributed by atoms with Gasteiger partial charge in [-0.3, -0.25) is 9.20 Å². The van der Waals surface area contributed by atoms with E-state index in [1.165, 1.54) is 5.56 Å². The fraction of sp³-hybridized carbons (Fsp3) is 0.391. The summed E-state index contributed by atoms with van der Waals surface area (Å²) in [5.41, 5.74) is 3.56. The van der Waals surface area contributed by atoms with Gasteiger partial charge in [0.25, 0.3) is 5.56 Å². The smallest absolute Gasteiger partial charge is 0.261 e. The predicted octanol–water partition coefficient (Wildman–Crippen LogP) is 3.51. The van der Waals surface area contributed by atoms with Crippen LogP contribution < -0.4 is 15.0 Å². The lowest BCUT2D eigenvalue weighted by molar-refractivity contribution is 0.209. The number of fused-ring (bicyclic) bond motifs is 4. The van der Waals surface area contributed by atoms with Gasteiger partial charge in [0, 0.05) is 54.5 Å². The summed E-state index contributed by atoms with van der Waals surface area (Å²) in [5, 5.41) is 0. The summed E-state index contributed by atoms with van der Waals surface area (Å²) in [7, 11) is 1.72. The highest BCUT2D eigenvalue weighted by Crippen LogP contribution is 2.45. The van der Waals surface area contributed by atoms with Gasteiger partial charge in [0.05, 0.1) is 13.7 Å². The summed E-state index contributed by atoms with van der Waals surface area (Å²) in [6.45, 7) is 5.45. The van der Waals surface area contributed by atoms with Gasteiger partial charge in [-0.2, -0.15) is 0 Å². The van der Waals surface area contributed by atoms with E-state index in [2.05, 4.69) is 9.88 Å². The molecule has 6 nitrogen and oxygen atoms in total. The summed E-state index contributed by atoms with van der Waals surface area (Å²) >= 11 is 0. The van der Waals surface area contributed by atoms with E-state index >= 15 is 0 Å². The zero-order valence-corrected chi connectivity index (χ0v) is 19.2. The number of nitrogens with zero attached hydrogens (tertiary/aromatic N) is 3. The van der Waals surface area contributed by atoms with Gasteiger partial charge in [-0.15, -0.1) is 24.8 Å². The van der Waals surface area contributed by atoms with Gasteiger partial charge in [-0.25, -0.2) is 4.98 Å². The Bertz CT molecular complexity index is 1120. The molecule has 2 aliphatic heterocycles. The molecule has 1 saturated heterocycles. The standard InChI is InChI=1S/C23H25N3O3.2ClH/c1-15-17(23(27)26-10-4-3-8-21(26)24-15)9-11-25-12-16-14-29-20-7-5-6-19(28-2)22(20)18(16)13-25;;/h3-8,10,16,18H,9,11-14H2,1-2H3;2*1H/t16-,18-;;/m1../s1. The number of hydrogen-bond acceptors (Lipinski definition) is 5. The van der Waals surface area contributed by atoms with E-state index in [1.54, 1.807) is 17.7 Å². The quantitative estimate of drug-likeness (QED) is 0.592. The molecular formula is C23H27Cl2N3O3. The SMILES string of the molecule is COc1cccc2c1[C@@H]1CN(CCc3c(C)nc4ccccn4c3=O)C[C@@H]1CO2.Cl.Cl. The number of rotatable bonds is 4. The third-order valence-corrected chi connectivity index (χ3v) is 6.30. The maximum absolute atomic E-state index is 12.9. The van der Waals surface area contributed by atoms with Crippen LogP contribution in [0.1, 0.15) is 22.7 Å². The largest absolute Gasteiger partial charge is 0.496 e. The minimum absolute atomic E-state index is 0. The van der Waals surface area contributed by atoms with Crippen LogP contribution >= 0.6 is 24.8 Å². The van der Waals surface area contributed by atoms with E-state index in [4.69, 9.17) is 9.47 Å². The lowest BCUT2D eigenvalue weighted by Gasteiger charge is -2.29. The van der Waals surface area contributed by atoms with E-state index in [9.17, 15) is 4.79 Å². The zero-order valence-electron chi connectivity index (χ0n) is 17.6. The van der Waals surface area contributed by atoms with E-state index in [-0.39, 0.29) is 30.4 Å². The molecule has 4 heterocycles. The molecule has 0 bridgehead atoms. The van der Waals surface area contributed by atoms with Crippen LogP contribution in [0.5, 0.6) is 11.5 Å². The van der Waals surface area contributed by atoms with Crippen LogP contribution in [-0.4, -0.2) is 47.6 Å². The van der Waals surface area contributed by atoms with Crippen molar-refractivity contribution in [1.29, 1.82) is 0 Å². The number of ether oxygens (including phenoxy) is 2. The molecule has 0 amide bonds. The van der Waals surface area contributed by atoms with Gasteiger partial charge in [0.15, 0.2) is 0 Å². The van der Waals surface area contributed by atoms with Crippen LogP contribution in [0.25, 0.3) is 5.65 Å². The Morgan fingerprint density at radius 2 is 2.00 bits per heavy atom. The topological polar surface area (TPSA) is 56.1 Å². The summed E-state index contributed by atoms with van der Waals surface area (Å²) in [6, 6.07) is 11.7. The fourth-order valence-electron chi connectivity index (χ4n) is 4.82. The lowest BCUT2D eigenvalue weighted by Crippen LogP contribution is -2.28. The van der Waals surface area contributed by atoms with Gasteiger partial charge in [-0.05, 0) is 37.6 Å². The molecular weight excluding hydrogens is 437 g/mol. The molecule has 0 radical (unpaired) electrons. The van der Waals surface area contributed by atoms with Crippen LogP contribution in [0, 0.1) is 12.8 Å². The first-order valence-electron chi connectivity index (χ1n) is 10.1. The molecule has 3 aromatic rings. The summed E-state index contributed by atoms with van der Waals surface area (Å²) in [5.74, 6) is 2.72. The van der Waals surface area contributed by atoms with Crippen LogP contribution in [0.4, 0.5) is 0 Å². The van der Waals surface area contributed by atoms with Gasteiger partial charge in [-0.1, -0.05) is 12.1 Å². The molecule has 0 aliphatic carbocycles. The second kappa shape index (κ2) is 9.47. The van der Waals surface area contributed by atoms with Crippen LogP contribution in [0.2, 0.25) is 0 Å². The molecule has 31 heavy (non-hydrogen) atoms. The first-order valence-corrected chi connectivity index (χ1v) is 10.1. The number of benzene rings is 1. The van der Waals surface area contributed by atoms with Gasteiger partial charge in [0.1, 0.15) is 17.1 Å². The third-order valence-electron chi connectivity index (χ3n) is 6.30. The number of halogens is 2. The van der Waals surface area contributed by atoms with Crippen molar-refractivity contribution in [1.82, 2.24) is 14.3 Å². The molecule has 166 valence electrons. The van der Waals surface area contributed by atoms with Gasteiger partial charge in [0.2, 0.25) is 0 Å². The van der Waals surface area contributed by atoms with Crippen molar-refractivity contribution in [2.24, 2.45) is 5.92 Å². The van der Waals surface area contributed by atoms with E-state index in [0.717, 1.165) is 49.0 Å². The molecule has 0 unspecified atom stereocenters. The maximum Gasteiger partial charge on any atom is 0.261 e. The van der Waals surface area contributed by atoms with Crippen molar-refractivity contribution in [3.63, 3.8) is 0 Å². The number of pyridine rings is 1. The Labute approximate surface area is 194 Å². The molecule has 2 atom stereocenters. The van der Waals surface area contributed by atoms with Crippen molar-refractivity contribution in [3.8, 4) is 11.5 Å². The third kappa shape index (κ3) is 4.12. The van der Waals surface area contributed by atoms with Crippen LogP contribution in [0.3, 0.4) is 0 Å². The van der Waals surface area contributed by atoms with Gasteiger partial charge >= 0.3 is 0 Å². The minimum atomic E-state index is 0. The molecule has 5 rings (SSSR count). The monoisotopic (exact) mass is 463 g/mol. The highest BCUT2D eigenvalue weighted by Gasteiger charge is 2.40. The number of aromatic nitrogens is 2. The Morgan fingerprint density at radius 3 is 2.81 bits per heavy atom. The summed E-state index contributed by atoms with van der Waals surface area (Å²) in [6.07, 6.45) is 2.49. The fourth-order valence-corrected chi connectivity index (χ4v) is 4.82.